The van der Waals surface area contributed by atoms with Crippen LogP contribution in [0.4, 0.5) is 16.2 Å². The zero-order chi connectivity index (χ0) is 31.2. The van der Waals surface area contributed by atoms with Gasteiger partial charge in [0, 0.05) is 12.2 Å². The van der Waals surface area contributed by atoms with Crippen molar-refractivity contribution in [2.24, 2.45) is 4.99 Å². The van der Waals surface area contributed by atoms with Crippen molar-refractivity contribution in [1.82, 2.24) is 9.80 Å². The van der Waals surface area contributed by atoms with Gasteiger partial charge in [0.25, 0.3) is 0 Å². The molecule has 2 aliphatic rings. The van der Waals surface area contributed by atoms with Crippen LogP contribution in [0.5, 0.6) is 0 Å². The van der Waals surface area contributed by atoms with Gasteiger partial charge >= 0.3 is 6.09 Å². The number of nitrogens with one attached hydrogen (secondary N) is 1. The summed E-state index contributed by atoms with van der Waals surface area (Å²) < 4.78 is 11.0. The van der Waals surface area contributed by atoms with Crippen LogP contribution in [0.3, 0.4) is 0 Å². The van der Waals surface area contributed by atoms with E-state index in [2.05, 4.69) is 18.3 Å². The molecule has 1 N–H and O–H groups in total. The molecule has 1 unspecified atom stereocenters. The monoisotopic (exact) mass is 622 g/mol. The summed E-state index contributed by atoms with van der Waals surface area (Å²) >= 11 is 1.40. The number of likely N-dealkylation sites (tertiary alicyclic amines) is 1. The summed E-state index contributed by atoms with van der Waals surface area (Å²) in [7, 11) is 0. The van der Waals surface area contributed by atoms with Crippen molar-refractivity contribution in [2.45, 2.75) is 50.6 Å². The summed E-state index contributed by atoms with van der Waals surface area (Å²) in [6, 6.07) is 27.7. The number of benzene rings is 3. The summed E-state index contributed by atoms with van der Waals surface area (Å²) in [4.78, 5) is 47.7. The van der Waals surface area contributed by atoms with Gasteiger partial charge in [0.05, 0.1) is 18.5 Å². The van der Waals surface area contributed by atoms with E-state index in [4.69, 9.17) is 14.1 Å². The third-order valence-corrected chi connectivity index (χ3v) is 9.09. The van der Waals surface area contributed by atoms with Crippen LogP contribution in [-0.2, 0) is 33.9 Å². The lowest BCUT2D eigenvalue weighted by atomic mass is 10.1. The molecule has 4 aromatic rings. The van der Waals surface area contributed by atoms with Crippen LogP contribution in [0.2, 0.25) is 0 Å². The predicted octanol–water partition coefficient (Wildman–Crippen LogP) is 7.09. The van der Waals surface area contributed by atoms with Gasteiger partial charge in [-0.05, 0) is 72.4 Å². The summed E-state index contributed by atoms with van der Waals surface area (Å²) in [5.41, 5.74) is 4.23. The van der Waals surface area contributed by atoms with Gasteiger partial charge in [-0.3, -0.25) is 19.4 Å². The van der Waals surface area contributed by atoms with E-state index in [1.54, 1.807) is 29.4 Å². The third-order valence-electron chi connectivity index (χ3n) is 7.86. The van der Waals surface area contributed by atoms with Crippen molar-refractivity contribution in [3.05, 3.63) is 120 Å². The number of aliphatic imine (C=N–C) groups is 1. The van der Waals surface area contributed by atoms with Crippen LogP contribution < -0.4 is 5.32 Å². The van der Waals surface area contributed by atoms with Crippen LogP contribution in [0, 0.1) is 0 Å². The molecule has 2 atom stereocenters. The summed E-state index contributed by atoms with van der Waals surface area (Å²) in [5, 5.41) is 3.04. The maximum absolute atomic E-state index is 13.7. The number of hydrogen-bond acceptors (Lipinski definition) is 7. The SMILES string of the molecule is CCc1cccc(N=C2SC(c3ccc(NC(=O)[C@H]4CCCN4C(=O)OCc4ccccc4)cc3)C(=O)N2Cc2ccco2)c1. The molecule has 230 valence electrons. The van der Waals surface area contributed by atoms with Crippen molar-refractivity contribution >= 4 is 46.2 Å². The van der Waals surface area contributed by atoms with Crippen LogP contribution in [0.25, 0.3) is 0 Å². The molecule has 0 saturated carbocycles. The Morgan fingerprint density at radius 1 is 1.00 bits per heavy atom. The van der Waals surface area contributed by atoms with E-state index < -0.39 is 17.4 Å². The average molecular weight is 623 g/mol. The van der Waals surface area contributed by atoms with Gasteiger partial charge in [-0.1, -0.05) is 73.3 Å². The average Bonchev–Trinajstić information content (AvgIpc) is 3.83. The quantitative estimate of drug-likeness (QED) is 0.214. The fraction of sp³-hybridized carbons (Fsp3) is 0.257. The molecule has 2 fully saturated rings. The number of anilines is 1. The Hall–Kier alpha value is -4.83. The Labute approximate surface area is 266 Å². The van der Waals surface area contributed by atoms with E-state index in [1.807, 2.05) is 66.7 Å². The molecule has 9 nitrogen and oxygen atoms in total. The molecule has 2 aliphatic heterocycles. The molecule has 10 heteroatoms. The van der Waals surface area contributed by atoms with Gasteiger partial charge in [0.15, 0.2) is 5.17 Å². The highest BCUT2D eigenvalue weighted by atomic mass is 32.2. The number of amides is 3. The molecule has 0 spiro atoms. The number of nitrogens with zero attached hydrogens (tertiary/aromatic N) is 3. The van der Waals surface area contributed by atoms with E-state index in [0.29, 0.717) is 29.6 Å². The van der Waals surface area contributed by atoms with E-state index in [1.165, 1.54) is 22.2 Å². The minimum atomic E-state index is -0.611. The molecule has 3 amide bonds. The molecule has 3 heterocycles. The van der Waals surface area contributed by atoms with Gasteiger partial charge in [-0.2, -0.15) is 0 Å². The standard InChI is InChI=1S/C35H34N4O5S/c1-2-24-11-6-12-28(21-24)37-34-39(22-29-13-8-20-43-29)33(41)31(45-34)26-15-17-27(18-16-26)36-32(40)30-14-7-19-38(30)35(42)44-23-25-9-4-3-5-10-25/h3-6,8-13,15-18,20-21,30-31H,2,7,14,19,22-23H2,1H3,(H,36,40)/t30-,31?/m1/s1. The Balaban J connectivity index is 1.13. The highest BCUT2D eigenvalue weighted by molar-refractivity contribution is 8.15. The molecule has 0 bridgehead atoms. The van der Waals surface area contributed by atoms with Crippen molar-refractivity contribution < 1.29 is 23.5 Å². The number of carbonyl (C=O) groups is 3. The first-order chi connectivity index (χ1) is 22.0. The molecule has 45 heavy (non-hydrogen) atoms. The van der Waals surface area contributed by atoms with Crippen LogP contribution in [0.15, 0.2) is 107 Å². The first-order valence-electron chi connectivity index (χ1n) is 15.0. The zero-order valence-electron chi connectivity index (χ0n) is 24.9. The Morgan fingerprint density at radius 2 is 1.80 bits per heavy atom. The number of amidine groups is 1. The van der Waals surface area contributed by atoms with E-state index in [-0.39, 0.29) is 25.0 Å². The lowest BCUT2D eigenvalue weighted by Crippen LogP contribution is -2.43. The second kappa shape index (κ2) is 13.9. The van der Waals surface area contributed by atoms with Crippen molar-refractivity contribution in [2.75, 3.05) is 11.9 Å². The smallest absolute Gasteiger partial charge is 0.410 e. The van der Waals surface area contributed by atoms with E-state index in [9.17, 15) is 14.4 Å². The Morgan fingerprint density at radius 3 is 2.56 bits per heavy atom. The summed E-state index contributed by atoms with van der Waals surface area (Å²) in [6.45, 7) is 2.99. The normalized spacial score (nSPS) is 18.9. The molecule has 2 saturated heterocycles. The topological polar surface area (TPSA) is 104 Å². The summed E-state index contributed by atoms with van der Waals surface area (Å²) in [5.74, 6) is 0.313. The predicted molar refractivity (Wildman–Crippen MR) is 174 cm³/mol. The van der Waals surface area contributed by atoms with Gasteiger partial charge < -0.3 is 14.5 Å². The number of thioether (sulfide) groups is 1. The highest BCUT2D eigenvalue weighted by Crippen LogP contribution is 2.41. The first-order valence-corrected chi connectivity index (χ1v) is 15.9. The van der Waals surface area contributed by atoms with Crippen molar-refractivity contribution in [3.8, 4) is 0 Å². The number of hydrogen-bond donors (Lipinski definition) is 1. The van der Waals surface area contributed by atoms with E-state index >= 15 is 0 Å². The molecular weight excluding hydrogens is 588 g/mol. The van der Waals surface area contributed by atoms with Crippen molar-refractivity contribution in [3.63, 3.8) is 0 Å². The minimum absolute atomic E-state index is 0.0887. The second-order valence-electron chi connectivity index (χ2n) is 10.9. The number of carbonyl (C=O) groups excluding carboxylic acids is 3. The Kier molecular flexibility index (Phi) is 9.30. The van der Waals surface area contributed by atoms with Crippen LogP contribution in [-0.4, -0.2) is 45.5 Å². The maximum atomic E-state index is 13.7. The van der Waals surface area contributed by atoms with Gasteiger partial charge in [0.2, 0.25) is 11.8 Å². The second-order valence-corrected chi connectivity index (χ2v) is 12.0. The maximum Gasteiger partial charge on any atom is 0.410 e. The molecule has 6 rings (SSSR count). The Bertz CT molecular complexity index is 1670. The lowest BCUT2D eigenvalue weighted by Gasteiger charge is -2.23. The van der Waals surface area contributed by atoms with Crippen molar-refractivity contribution in [1.29, 1.82) is 0 Å². The zero-order valence-corrected chi connectivity index (χ0v) is 25.7. The number of aryl methyl sites for hydroxylation is 1. The fourth-order valence-electron chi connectivity index (χ4n) is 5.44. The number of rotatable bonds is 9. The van der Waals surface area contributed by atoms with E-state index in [0.717, 1.165) is 29.7 Å². The van der Waals surface area contributed by atoms with Gasteiger partial charge in [-0.25, -0.2) is 9.79 Å². The molecular formula is C35H34N4O5S. The molecule has 0 aliphatic carbocycles. The molecule has 1 aromatic heterocycles. The molecule has 0 radical (unpaired) electrons. The first kappa shape index (κ1) is 30.2. The van der Waals surface area contributed by atoms with Gasteiger partial charge in [0.1, 0.15) is 23.7 Å². The minimum Gasteiger partial charge on any atom is -0.467 e. The fourth-order valence-corrected chi connectivity index (χ4v) is 6.61. The number of ether oxygens (including phenoxy) is 1. The van der Waals surface area contributed by atoms with Crippen LogP contribution in [0.1, 0.15) is 47.5 Å². The number of furan rings is 1. The van der Waals surface area contributed by atoms with Crippen LogP contribution >= 0.6 is 11.8 Å². The largest absolute Gasteiger partial charge is 0.467 e. The molecule has 3 aromatic carbocycles. The highest BCUT2D eigenvalue weighted by Gasteiger charge is 2.40. The summed E-state index contributed by atoms with van der Waals surface area (Å²) in [6.07, 6.45) is 3.27. The van der Waals surface area contributed by atoms with Gasteiger partial charge in [-0.15, -0.1) is 0 Å². The third kappa shape index (κ3) is 7.12. The lowest BCUT2D eigenvalue weighted by molar-refractivity contribution is -0.126.